The number of hydrogen-bond donors (Lipinski definition) is 2. The molecule has 2 amide bonds. The average Bonchev–Trinajstić information content (AvgIpc) is 2.85. The number of carbonyl (C=O) groups is 2. The zero-order valence-electron chi connectivity index (χ0n) is 12.8. The van der Waals surface area contributed by atoms with Crippen molar-refractivity contribution in [1.82, 2.24) is 15.1 Å². The number of aliphatic hydroxyl groups is 1. The molecule has 0 atom stereocenters. The number of rotatable bonds is 2. The van der Waals surface area contributed by atoms with E-state index in [2.05, 4.69) is 15.5 Å². The van der Waals surface area contributed by atoms with Crippen molar-refractivity contribution >= 4 is 28.5 Å². The fourth-order valence-corrected chi connectivity index (χ4v) is 2.65. The van der Waals surface area contributed by atoms with Gasteiger partial charge >= 0.3 is 6.09 Å². The summed E-state index contributed by atoms with van der Waals surface area (Å²) in [5.74, 6) is -0.235. The van der Waals surface area contributed by atoms with Crippen LogP contribution in [0.2, 0.25) is 0 Å². The van der Waals surface area contributed by atoms with Gasteiger partial charge < -0.3 is 14.7 Å². The second-order valence-corrected chi connectivity index (χ2v) is 7.04. The van der Waals surface area contributed by atoms with Gasteiger partial charge in [-0.3, -0.25) is 10.1 Å². The number of nitrogens with zero attached hydrogens (tertiary/aromatic N) is 3. The van der Waals surface area contributed by atoms with Crippen molar-refractivity contribution in [3.63, 3.8) is 0 Å². The number of nitrogens with one attached hydrogen (secondary N) is 1. The number of anilines is 1. The summed E-state index contributed by atoms with van der Waals surface area (Å²) in [6.07, 6.45) is 0.146. The van der Waals surface area contributed by atoms with Crippen LogP contribution in [0.25, 0.3) is 0 Å². The van der Waals surface area contributed by atoms with Gasteiger partial charge in [0.1, 0.15) is 5.60 Å². The van der Waals surface area contributed by atoms with Gasteiger partial charge in [0, 0.05) is 13.1 Å². The minimum atomic E-state index is -0.635. The molecule has 0 unspecified atom stereocenters. The molecule has 1 saturated heterocycles. The zero-order valence-corrected chi connectivity index (χ0v) is 13.6. The lowest BCUT2D eigenvalue weighted by Crippen LogP contribution is -2.40. The Kier molecular flexibility index (Phi) is 4.97. The summed E-state index contributed by atoms with van der Waals surface area (Å²) in [6.45, 7) is 6.26. The molecule has 1 aromatic heterocycles. The molecule has 1 aromatic rings. The van der Waals surface area contributed by atoms with Gasteiger partial charge in [0.25, 0.3) is 5.91 Å². The van der Waals surface area contributed by atoms with E-state index >= 15 is 0 Å². The highest BCUT2D eigenvalue weighted by Gasteiger charge is 2.25. The van der Waals surface area contributed by atoms with Gasteiger partial charge in [-0.25, -0.2) is 4.79 Å². The number of piperidine rings is 1. The third kappa shape index (κ3) is 4.63. The van der Waals surface area contributed by atoms with Crippen LogP contribution in [0.15, 0.2) is 0 Å². The van der Waals surface area contributed by atoms with Crippen LogP contribution in [-0.2, 0) is 4.74 Å². The zero-order chi connectivity index (χ0) is 16.3. The topological polar surface area (TPSA) is 105 Å². The first-order valence-electron chi connectivity index (χ1n) is 7.05. The molecular formula is C13H20N4O4S. The number of amides is 2. The van der Waals surface area contributed by atoms with E-state index in [9.17, 15) is 14.7 Å². The Morgan fingerprint density at radius 3 is 2.55 bits per heavy atom. The molecule has 1 fully saturated rings. The molecule has 1 aliphatic rings. The number of likely N-dealkylation sites (tertiary alicyclic amines) is 1. The molecule has 2 heterocycles. The summed E-state index contributed by atoms with van der Waals surface area (Å²) in [6, 6.07) is 0. The maximum atomic E-state index is 12.2. The van der Waals surface area contributed by atoms with E-state index in [-0.39, 0.29) is 22.2 Å². The highest BCUT2D eigenvalue weighted by atomic mass is 32.1. The fourth-order valence-electron chi connectivity index (χ4n) is 1.96. The van der Waals surface area contributed by atoms with E-state index in [0.717, 1.165) is 11.3 Å². The van der Waals surface area contributed by atoms with E-state index in [4.69, 9.17) is 4.74 Å². The largest absolute Gasteiger partial charge is 0.444 e. The summed E-state index contributed by atoms with van der Waals surface area (Å²) in [5.41, 5.74) is -0.609. The number of carbonyl (C=O) groups excluding carboxylic acids is 2. The normalized spacial score (nSPS) is 16.5. The van der Waals surface area contributed by atoms with Crippen LogP contribution >= 0.6 is 11.3 Å². The maximum absolute atomic E-state index is 12.2. The number of aliphatic hydroxyl groups excluding tert-OH is 1. The molecule has 2 N–H and O–H groups in total. The first-order chi connectivity index (χ1) is 10.2. The number of aromatic nitrogens is 2. The van der Waals surface area contributed by atoms with Gasteiger partial charge in [-0.05, 0) is 33.6 Å². The Morgan fingerprint density at radius 2 is 1.95 bits per heavy atom. The Morgan fingerprint density at radius 1 is 1.32 bits per heavy atom. The molecule has 122 valence electrons. The summed E-state index contributed by atoms with van der Waals surface area (Å²) < 4.78 is 5.11. The molecule has 1 aliphatic heterocycles. The van der Waals surface area contributed by atoms with Crippen molar-refractivity contribution in [2.75, 3.05) is 18.4 Å². The molecule has 8 nitrogen and oxygen atoms in total. The average molecular weight is 328 g/mol. The second kappa shape index (κ2) is 6.57. The summed E-state index contributed by atoms with van der Waals surface area (Å²) in [4.78, 5) is 25.5. The Bertz CT molecular complexity index is 546. The Balaban J connectivity index is 1.93. The van der Waals surface area contributed by atoms with E-state index in [1.54, 1.807) is 25.7 Å². The van der Waals surface area contributed by atoms with Gasteiger partial charge in [0.2, 0.25) is 10.1 Å². The van der Waals surface area contributed by atoms with Crippen LogP contribution in [0.4, 0.5) is 9.93 Å². The fraction of sp³-hybridized carbons (Fsp3) is 0.692. The summed E-state index contributed by atoms with van der Waals surface area (Å²) in [5, 5.41) is 19.9. The quantitative estimate of drug-likeness (QED) is 0.852. The van der Waals surface area contributed by atoms with Crippen LogP contribution in [0.5, 0.6) is 0 Å². The minimum absolute atomic E-state index is 0.211. The molecule has 0 aliphatic carbocycles. The molecule has 0 radical (unpaired) electrons. The van der Waals surface area contributed by atoms with Crippen molar-refractivity contribution in [2.24, 2.45) is 0 Å². The van der Waals surface area contributed by atoms with E-state index < -0.39 is 11.7 Å². The second-order valence-electron chi connectivity index (χ2n) is 6.06. The molecule has 0 saturated carbocycles. The van der Waals surface area contributed by atoms with Gasteiger partial charge in [-0.1, -0.05) is 11.3 Å². The van der Waals surface area contributed by atoms with E-state index in [1.807, 2.05) is 0 Å². The van der Waals surface area contributed by atoms with Gasteiger partial charge in [-0.2, -0.15) is 0 Å². The van der Waals surface area contributed by atoms with E-state index in [0.29, 0.717) is 25.9 Å². The molecule has 0 aromatic carbocycles. The highest BCUT2D eigenvalue weighted by Crippen LogP contribution is 2.20. The summed E-state index contributed by atoms with van der Waals surface area (Å²) in [7, 11) is 0. The van der Waals surface area contributed by atoms with Crippen molar-refractivity contribution in [3.05, 3.63) is 5.01 Å². The summed E-state index contributed by atoms with van der Waals surface area (Å²) >= 11 is 1.00. The molecule has 2 rings (SSSR count). The van der Waals surface area contributed by atoms with Crippen molar-refractivity contribution in [2.45, 2.75) is 45.3 Å². The predicted octanol–water partition coefficient (Wildman–Crippen LogP) is 1.48. The maximum Gasteiger partial charge on any atom is 0.414 e. The van der Waals surface area contributed by atoms with Crippen LogP contribution in [0.1, 0.15) is 43.4 Å². The van der Waals surface area contributed by atoms with Crippen molar-refractivity contribution in [3.8, 4) is 0 Å². The van der Waals surface area contributed by atoms with Crippen LogP contribution in [0, 0.1) is 0 Å². The van der Waals surface area contributed by atoms with Crippen molar-refractivity contribution < 1.29 is 19.4 Å². The molecule has 9 heteroatoms. The Hall–Kier alpha value is -1.74. The molecular weight excluding hydrogens is 308 g/mol. The van der Waals surface area contributed by atoms with Crippen LogP contribution in [0.3, 0.4) is 0 Å². The first-order valence-corrected chi connectivity index (χ1v) is 7.87. The third-order valence-electron chi connectivity index (χ3n) is 2.97. The van der Waals surface area contributed by atoms with Gasteiger partial charge in [-0.15, -0.1) is 10.2 Å². The molecule has 0 spiro atoms. The van der Waals surface area contributed by atoms with Gasteiger partial charge in [0.15, 0.2) is 0 Å². The molecule has 0 bridgehead atoms. The minimum Gasteiger partial charge on any atom is -0.444 e. The lowest BCUT2D eigenvalue weighted by atomic mass is 10.1. The monoisotopic (exact) mass is 328 g/mol. The highest BCUT2D eigenvalue weighted by molar-refractivity contribution is 7.17. The smallest absolute Gasteiger partial charge is 0.414 e. The Labute approximate surface area is 132 Å². The predicted molar refractivity (Wildman–Crippen MR) is 80.9 cm³/mol. The van der Waals surface area contributed by atoms with Crippen LogP contribution < -0.4 is 5.32 Å². The van der Waals surface area contributed by atoms with E-state index in [1.165, 1.54) is 0 Å². The number of ether oxygens (including phenoxy) is 1. The van der Waals surface area contributed by atoms with Gasteiger partial charge in [0.05, 0.1) is 6.10 Å². The first kappa shape index (κ1) is 16.6. The lowest BCUT2D eigenvalue weighted by Gasteiger charge is -2.28. The lowest BCUT2D eigenvalue weighted by molar-refractivity contribution is 0.0544. The SMILES string of the molecule is CC(C)(C)OC(=O)Nc1nnc(C(=O)N2CCC(O)CC2)s1. The standard InChI is InChI=1S/C13H20N4O4S/c1-13(2,3)21-12(20)14-11-16-15-9(22-11)10(19)17-6-4-8(18)5-7-17/h8,18H,4-7H2,1-3H3,(H,14,16,20). The van der Waals surface area contributed by atoms with Crippen LogP contribution in [-0.4, -0.2) is 57.0 Å². The molecule has 22 heavy (non-hydrogen) atoms. The van der Waals surface area contributed by atoms with Crippen molar-refractivity contribution in [1.29, 1.82) is 0 Å². The third-order valence-corrected chi connectivity index (χ3v) is 3.79. The number of hydrogen-bond acceptors (Lipinski definition) is 7.